The number of nitrogens with one attached hydrogen (secondary N) is 1. The Kier molecular flexibility index (Phi) is 6.05. The number of aryl methyl sites for hydroxylation is 1. The summed E-state index contributed by atoms with van der Waals surface area (Å²) >= 11 is 6.23. The van der Waals surface area contributed by atoms with Crippen LogP contribution in [0, 0.1) is 13.8 Å². The van der Waals surface area contributed by atoms with Crippen molar-refractivity contribution in [3.63, 3.8) is 0 Å². The number of carbonyl (C=O) groups excluding carboxylic acids is 1. The van der Waals surface area contributed by atoms with E-state index in [2.05, 4.69) is 10.4 Å². The molecule has 0 saturated carbocycles. The van der Waals surface area contributed by atoms with Crippen molar-refractivity contribution in [2.45, 2.75) is 20.5 Å². The van der Waals surface area contributed by atoms with Gasteiger partial charge >= 0.3 is 0 Å². The highest BCUT2D eigenvalue weighted by Crippen LogP contribution is 2.23. The summed E-state index contributed by atoms with van der Waals surface area (Å²) in [7, 11) is 0. The van der Waals surface area contributed by atoms with Crippen LogP contribution in [0.15, 0.2) is 78.9 Å². The molecule has 0 aliphatic rings. The molecule has 1 N–H and O–H groups in total. The molecule has 0 spiro atoms. The van der Waals surface area contributed by atoms with Crippen LogP contribution >= 0.6 is 11.6 Å². The molecule has 0 fully saturated rings. The van der Waals surface area contributed by atoms with E-state index in [1.54, 1.807) is 28.9 Å². The third-order valence-corrected chi connectivity index (χ3v) is 5.48. The van der Waals surface area contributed by atoms with Gasteiger partial charge in [0.15, 0.2) is 0 Å². The molecule has 6 heteroatoms. The molecule has 0 radical (unpaired) electrons. The van der Waals surface area contributed by atoms with Crippen molar-refractivity contribution >= 4 is 23.2 Å². The highest BCUT2D eigenvalue weighted by Gasteiger charge is 2.11. The first kappa shape index (κ1) is 20.7. The van der Waals surface area contributed by atoms with Crippen LogP contribution in [-0.4, -0.2) is 15.7 Å². The summed E-state index contributed by atoms with van der Waals surface area (Å²) in [6.45, 7) is 4.28. The van der Waals surface area contributed by atoms with Crippen molar-refractivity contribution in [2.75, 3.05) is 5.32 Å². The minimum absolute atomic E-state index is 0.184. The SMILES string of the molecule is Cc1nn(-c2ccc(NC(=O)c3ccc(OCc4ccccc4)cc3)cc2)c(C)c1Cl. The van der Waals surface area contributed by atoms with E-state index in [1.165, 1.54) is 0 Å². The largest absolute Gasteiger partial charge is 0.489 e. The number of benzene rings is 3. The zero-order valence-corrected chi connectivity index (χ0v) is 18.1. The Morgan fingerprint density at radius 1 is 0.968 bits per heavy atom. The van der Waals surface area contributed by atoms with Crippen molar-refractivity contribution in [1.29, 1.82) is 0 Å². The standard InChI is InChI=1S/C25H22ClN3O2/c1-17-24(26)18(2)29(28-17)22-12-10-21(11-13-22)27-25(30)20-8-14-23(15-9-20)31-16-19-6-4-3-5-7-19/h3-15H,16H2,1-2H3,(H,27,30). The van der Waals surface area contributed by atoms with Gasteiger partial charge in [0, 0.05) is 11.3 Å². The number of rotatable bonds is 6. The van der Waals surface area contributed by atoms with Gasteiger partial charge in [-0.3, -0.25) is 4.79 Å². The number of carbonyl (C=O) groups is 1. The van der Waals surface area contributed by atoms with Gasteiger partial charge in [0.05, 0.1) is 22.1 Å². The number of amides is 1. The average molecular weight is 432 g/mol. The molecular formula is C25H22ClN3O2. The predicted molar refractivity (Wildman–Crippen MR) is 123 cm³/mol. The van der Waals surface area contributed by atoms with Gasteiger partial charge < -0.3 is 10.1 Å². The molecule has 1 heterocycles. The third kappa shape index (κ3) is 4.78. The van der Waals surface area contributed by atoms with E-state index < -0.39 is 0 Å². The first-order chi connectivity index (χ1) is 15.0. The second kappa shape index (κ2) is 9.06. The summed E-state index contributed by atoms with van der Waals surface area (Å²) in [6.07, 6.45) is 0. The van der Waals surface area contributed by atoms with Crippen LogP contribution < -0.4 is 10.1 Å². The van der Waals surface area contributed by atoms with Crippen LogP contribution in [0.4, 0.5) is 5.69 Å². The summed E-state index contributed by atoms with van der Waals surface area (Å²) in [5.41, 5.74) is 4.89. The average Bonchev–Trinajstić information content (AvgIpc) is 3.06. The molecule has 1 aromatic heterocycles. The van der Waals surface area contributed by atoms with Crippen molar-refractivity contribution in [1.82, 2.24) is 9.78 Å². The summed E-state index contributed by atoms with van der Waals surface area (Å²) in [5, 5.41) is 8.02. The van der Waals surface area contributed by atoms with Crippen molar-refractivity contribution in [3.8, 4) is 11.4 Å². The number of nitrogens with zero attached hydrogens (tertiary/aromatic N) is 2. The minimum atomic E-state index is -0.184. The Hall–Kier alpha value is -3.57. The number of hydrogen-bond donors (Lipinski definition) is 1. The maximum Gasteiger partial charge on any atom is 0.255 e. The lowest BCUT2D eigenvalue weighted by Gasteiger charge is -2.09. The Labute approximate surface area is 186 Å². The number of aromatic nitrogens is 2. The van der Waals surface area contributed by atoms with Crippen molar-refractivity contribution in [2.24, 2.45) is 0 Å². The first-order valence-corrected chi connectivity index (χ1v) is 10.3. The fourth-order valence-corrected chi connectivity index (χ4v) is 3.33. The van der Waals surface area contributed by atoms with Gasteiger partial charge in [0.2, 0.25) is 0 Å². The van der Waals surface area contributed by atoms with Gasteiger partial charge in [0.25, 0.3) is 5.91 Å². The molecule has 5 nitrogen and oxygen atoms in total. The van der Waals surface area contributed by atoms with E-state index in [-0.39, 0.29) is 5.91 Å². The molecule has 156 valence electrons. The van der Waals surface area contributed by atoms with Crippen LogP contribution in [0.1, 0.15) is 27.3 Å². The Morgan fingerprint density at radius 3 is 2.26 bits per heavy atom. The van der Waals surface area contributed by atoms with Gasteiger partial charge in [-0.25, -0.2) is 4.68 Å². The second-order valence-electron chi connectivity index (χ2n) is 7.20. The molecule has 0 aliphatic heterocycles. The maximum atomic E-state index is 12.6. The lowest BCUT2D eigenvalue weighted by atomic mass is 10.2. The quantitative estimate of drug-likeness (QED) is 0.409. The van der Waals surface area contributed by atoms with E-state index in [4.69, 9.17) is 16.3 Å². The molecule has 0 unspecified atom stereocenters. The second-order valence-corrected chi connectivity index (χ2v) is 7.57. The highest BCUT2D eigenvalue weighted by molar-refractivity contribution is 6.31. The maximum absolute atomic E-state index is 12.6. The fraction of sp³-hybridized carbons (Fsp3) is 0.120. The molecule has 4 rings (SSSR count). The summed E-state index contributed by atoms with van der Waals surface area (Å²) in [5.74, 6) is 0.532. The Balaban J connectivity index is 1.38. The van der Waals surface area contributed by atoms with Gasteiger partial charge in [-0.1, -0.05) is 41.9 Å². The summed E-state index contributed by atoms with van der Waals surface area (Å²) in [4.78, 5) is 12.6. The molecule has 0 atom stereocenters. The zero-order chi connectivity index (χ0) is 21.8. The van der Waals surface area contributed by atoms with Crippen LogP contribution in [0.5, 0.6) is 5.75 Å². The number of hydrogen-bond acceptors (Lipinski definition) is 3. The van der Waals surface area contributed by atoms with E-state index in [1.807, 2.05) is 68.4 Å². The predicted octanol–water partition coefficient (Wildman–Crippen LogP) is 5.97. The van der Waals surface area contributed by atoms with Crippen molar-refractivity contribution in [3.05, 3.63) is 106 Å². The van der Waals surface area contributed by atoms with Gasteiger partial charge in [0.1, 0.15) is 12.4 Å². The highest BCUT2D eigenvalue weighted by atomic mass is 35.5. The van der Waals surface area contributed by atoms with Gasteiger partial charge in [-0.2, -0.15) is 5.10 Å². The molecule has 0 bridgehead atoms. The topological polar surface area (TPSA) is 56.2 Å². The third-order valence-electron chi connectivity index (χ3n) is 4.94. The molecule has 4 aromatic rings. The molecule has 31 heavy (non-hydrogen) atoms. The first-order valence-electron chi connectivity index (χ1n) is 9.91. The summed E-state index contributed by atoms with van der Waals surface area (Å²) in [6, 6.07) is 24.5. The van der Waals surface area contributed by atoms with E-state index in [0.717, 1.165) is 22.6 Å². The van der Waals surface area contributed by atoms with E-state index >= 15 is 0 Å². The van der Waals surface area contributed by atoms with Crippen molar-refractivity contribution < 1.29 is 9.53 Å². The van der Waals surface area contributed by atoms with Crippen LogP contribution in [0.2, 0.25) is 5.02 Å². The Morgan fingerprint density at radius 2 is 1.65 bits per heavy atom. The molecular weight excluding hydrogens is 410 g/mol. The number of halogens is 1. The number of ether oxygens (including phenoxy) is 1. The van der Waals surface area contributed by atoms with E-state index in [0.29, 0.717) is 28.6 Å². The normalized spacial score (nSPS) is 10.7. The van der Waals surface area contributed by atoms with Gasteiger partial charge in [-0.15, -0.1) is 0 Å². The zero-order valence-electron chi connectivity index (χ0n) is 17.3. The summed E-state index contributed by atoms with van der Waals surface area (Å²) < 4.78 is 7.56. The minimum Gasteiger partial charge on any atom is -0.489 e. The van der Waals surface area contributed by atoms with Crippen LogP contribution in [0.25, 0.3) is 5.69 Å². The molecule has 0 saturated heterocycles. The lowest BCUT2D eigenvalue weighted by molar-refractivity contribution is 0.102. The van der Waals surface area contributed by atoms with Gasteiger partial charge in [-0.05, 0) is 67.9 Å². The number of anilines is 1. The molecule has 0 aliphatic carbocycles. The van der Waals surface area contributed by atoms with Crippen LogP contribution in [0.3, 0.4) is 0 Å². The fourth-order valence-electron chi connectivity index (χ4n) is 3.21. The molecule has 3 aromatic carbocycles. The monoisotopic (exact) mass is 431 g/mol. The molecule has 1 amide bonds. The smallest absolute Gasteiger partial charge is 0.255 e. The van der Waals surface area contributed by atoms with E-state index in [9.17, 15) is 4.79 Å². The Bertz CT molecular complexity index is 1180. The lowest BCUT2D eigenvalue weighted by Crippen LogP contribution is -2.12. The van der Waals surface area contributed by atoms with Crippen LogP contribution in [-0.2, 0) is 6.61 Å².